The second kappa shape index (κ2) is 6.71. The van der Waals surface area contributed by atoms with Gasteiger partial charge in [-0.3, -0.25) is 4.79 Å². The van der Waals surface area contributed by atoms with Crippen molar-refractivity contribution in [3.63, 3.8) is 0 Å². The van der Waals surface area contributed by atoms with Crippen LogP contribution in [0.1, 0.15) is 50.4 Å². The molecule has 1 heterocycles. The van der Waals surface area contributed by atoms with Crippen LogP contribution in [0.15, 0.2) is 29.4 Å². The van der Waals surface area contributed by atoms with Crippen molar-refractivity contribution in [3.8, 4) is 5.75 Å². The molecule has 2 aliphatic rings. The summed E-state index contributed by atoms with van der Waals surface area (Å²) in [7, 11) is 1.60. The van der Waals surface area contributed by atoms with Gasteiger partial charge in [-0.1, -0.05) is 23.9 Å². The number of nitrogens with one attached hydrogen (secondary N) is 1. The summed E-state index contributed by atoms with van der Waals surface area (Å²) in [6.07, 6.45) is 4.79. The zero-order valence-corrected chi connectivity index (χ0v) is 15.3. The van der Waals surface area contributed by atoms with Crippen molar-refractivity contribution >= 4 is 23.4 Å². The van der Waals surface area contributed by atoms with Crippen molar-refractivity contribution in [3.05, 3.63) is 30.1 Å². The number of aromatic nitrogens is 3. The highest BCUT2D eigenvalue weighted by Gasteiger charge is 2.37. The van der Waals surface area contributed by atoms with Gasteiger partial charge in [0.05, 0.1) is 18.0 Å². The highest BCUT2D eigenvalue weighted by atomic mass is 32.2. The molecule has 1 unspecified atom stereocenters. The lowest BCUT2D eigenvalue weighted by Gasteiger charge is -2.14. The second-order valence-corrected chi connectivity index (χ2v) is 7.97. The van der Waals surface area contributed by atoms with Gasteiger partial charge in [0, 0.05) is 12.0 Å². The van der Waals surface area contributed by atoms with Crippen LogP contribution in [0.2, 0.25) is 0 Å². The Hall–Kier alpha value is -2.02. The number of carbonyl (C=O) groups excluding carboxylic acids is 1. The molecule has 1 aromatic carbocycles. The molecule has 7 heteroatoms. The van der Waals surface area contributed by atoms with Crippen LogP contribution in [0.4, 0.5) is 5.69 Å². The molecule has 2 fully saturated rings. The Labute approximate surface area is 151 Å². The van der Waals surface area contributed by atoms with Gasteiger partial charge in [0.2, 0.25) is 5.91 Å². The van der Waals surface area contributed by atoms with E-state index in [-0.39, 0.29) is 11.2 Å². The summed E-state index contributed by atoms with van der Waals surface area (Å²) in [5.41, 5.74) is 0.685. The van der Waals surface area contributed by atoms with Gasteiger partial charge in [0.1, 0.15) is 11.6 Å². The molecule has 1 aromatic heterocycles. The van der Waals surface area contributed by atoms with Crippen LogP contribution in [0, 0.1) is 0 Å². The van der Waals surface area contributed by atoms with E-state index < -0.39 is 0 Å². The van der Waals surface area contributed by atoms with E-state index in [0.717, 1.165) is 11.0 Å². The Balaban J connectivity index is 1.46. The average Bonchev–Trinajstić information content (AvgIpc) is 3.54. The highest BCUT2D eigenvalue weighted by molar-refractivity contribution is 8.00. The number of benzene rings is 1. The molecular weight excluding hydrogens is 336 g/mol. The lowest BCUT2D eigenvalue weighted by molar-refractivity contribution is -0.115. The van der Waals surface area contributed by atoms with Crippen LogP contribution in [0.25, 0.3) is 0 Å². The summed E-state index contributed by atoms with van der Waals surface area (Å²) in [5, 5.41) is 12.3. The number of anilines is 1. The number of ether oxygens (including phenoxy) is 1. The Morgan fingerprint density at radius 3 is 2.72 bits per heavy atom. The first-order valence-electron chi connectivity index (χ1n) is 8.72. The number of rotatable bonds is 7. The fourth-order valence-corrected chi connectivity index (χ4v) is 3.78. The molecule has 6 nitrogen and oxygen atoms in total. The molecule has 0 spiro atoms. The van der Waals surface area contributed by atoms with Crippen molar-refractivity contribution in [2.45, 2.75) is 55.0 Å². The zero-order chi connectivity index (χ0) is 17.4. The van der Waals surface area contributed by atoms with Gasteiger partial charge in [0.15, 0.2) is 5.16 Å². The van der Waals surface area contributed by atoms with Crippen molar-refractivity contribution in [2.24, 2.45) is 0 Å². The molecule has 0 aliphatic heterocycles. The quantitative estimate of drug-likeness (QED) is 0.766. The van der Waals surface area contributed by atoms with E-state index in [9.17, 15) is 4.79 Å². The molecule has 0 radical (unpaired) electrons. The van der Waals surface area contributed by atoms with Crippen molar-refractivity contribution in [2.75, 3.05) is 12.4 Å². The maximum absolute atomic E-state index is 12.6. The number of para-hydroxylation sites is 2. The lowest BCUT2D eigenvalue weighted by Crippen LogP contribution is -2.23. The molecule has 0 bridgehead atoms. The van der Waals surface area contributed by atoms with E-state index in [1.54, 1.807) is 7.11 Å². The number of hydrogen-bond donors (Lipinski definition) is 1. The molecule has 0 saturated heterocycles. The number of carbonyl (C=O) groups is 1. The largest absolute Gasteiger partial charge is 0.495 e. The van der Waals surface area contributed by atoms with Crippen LogP contribution >= 0.6 is 11.8 Å². The molecule has 1 N–H and O–H groups in total. The summed E-state index contributed by atoms with van der Waals surface area (Å²) in [4.78, 5) is 12.6. The summed E-state index contributed by atoms with van der Waals surface area (Å²) in [5.74, 6) is 2.28. The van der Waals surface area contributed by atoms with Crippen LogP contribution in [0.3, 0.4) is 0 Å². The minimum Gasteiger partial charge on any atom is -0.495 e. The highest BCUT2D eigenvalue weighted by Crippen LogP contribution is 2.46. The molecule has 132 valence electrons. The van der Waals surface area contributed by atoms with Gasteiger partial charge in [-0.2, -0.15) is 0 Å². The Bertz CT molecular complexity index is 783. The summed E-state index contributed by atoms with van der Waals surface area (Å²) < 4.78 is 7.56. The van der Waals surface area contributed by atoms with Gasteiger partial charge in [-0.25, -0.2) is 0 Å². The molecule has 2 saturated carbocycles. The molecule has 4 rings (SSSR count). The smallest absolute Gasteiger partial charge is 0.237 e. The predicted molar refractivity (Wildman–Crippen MR) is 97.2 cm³/mol. The van der Waals surface area contributed by atoms with Gasteiger partial charge >= 0.3 is 0 Å². The van der Waals surface area contributed by atoms with Crippen LogP contribution in [0.5, 0.6) is 5.75 Å². The van der Waals surface area contributed by atoms with Crippen LogP contribution < -0.4 is 10.1 Å². The third-order valence-corrected chi connectivity index (χ3v) is 5.62. The summed E-state index contributed by atoms with van der Waals surface area (Å²) in [6.45, 7) is 1.90. The fraction of sp³-hybridized carbons (Fsp3) is 0.500. The van der Waals surface area contributed by atoms with E-state index in [2.05, 4.69) is 20.1 Å². The van der Waals surface area contributed by atoms with E-state index in [4.69, 9.17) is 4.74 Å². The molecule has 1 amide bonds. The molecule has 2 aromatic rings. The van der Waals surface area contributed by atoms with E-state index >= 15 is 0 Å². The second-order valence-electron chi connectivity index (χ2n) is 6.67. The van der Waals surface area contributed by atoms with Crippen LogP contribution in [-0.2, 0) is 4.79 Å². The molecule has 2 aliphatic carbocycles. The number of thioether (sulfide) groups is 1. The predicted octanol–water partition coefficient (Wildman–Crippen LogP) is 3.62. The van der Waals surface area contributed by atoms with Gasteiger partial charge in [-0.15, -0.1) is 10.2 Å². The van der Waals surface area contributed by atoms with Crippen molar-refractivity contribution in [1.82, 2.24) is 14.8 Å². The lowest BCUT2D eigenvalue weighted by atomic mass is 10.3. The minimum absolute atomic E-state index is 0.0622. The Kier molecular flexibility index (Phi) is 4.41. The molecule has 25 heavy (non-hydrogen) atoms. The maximum atomic E-state index is 12.6. The summed E-state index contributed by atoms with van der Waals surface area (Å²) in [6, 6.07) is 7.95. The van der Waals surface area contributed by atoms with Gasteiger partial charge in [-0.05, 0) is 44.7 Å². The van der Waals surface area contributed by atoms with Crippen LogP contribution in [-0.4, -0.2) is 33.0 Å². The SMILES string of the molecule is COc1ccccc1NC(=O)C(C)Sc1nnc(C2CC2)n1C1CC1. The fourth-order valence-electron chi connectivity index (χ4n) is 2.86. The monoisotopic (exact) mass is 358 g/mol. The number of hydrogen-bond acceptors (Lipinski definition) is 5. The standard InChI is InChI=1S/C18H22N4O2S/c1-11(17(23)19-14-5-3-4-6-15(14)24-2)25-18-21-20-16(12-7-8-12)22(18)13-9-10-13/h3-6,11-13H,7-10H2,1-2H3,(H,19,23). The van der Waals surface area contributed by atoms with E-state index in [1.807, 2.05) is 31.2 Å². The number of nitrogens with zero attached hydrogens (tertiary/aromatic N) is 3. The first-order valence-corrected chi connectivity index (χ1v) is 9.60. The Morgan fingerprint density at radius 2 is 2.04 bits per heavy atom. The van der Waals surface area contributed by atoms with E-state index in [0.29, 0.717) is 23.4 Å². The first kappa shape index (κ1) is 16.4. The minimum atomic E-state index is -0.265. The number of amides is 1. The topological polar surface area (TPSA) is 69.0 Å². The third kappa shape index (κ3) is 3.51. The average molecular weight is 358 g/mol. The Morgan fingerprint density at radius 1 is 1.28 bits per heavy atom. The van der Waals surface area contributed by atoms with E-state index in [1.165, 1.54) is 37.4 Å². The van der Waals surface area contributed by atoms with Gasteiger partial charge in [0.25, 0.3) is 0 Å². The van der Waals surface area contributed by atoms with Crippen molar-refractivity contribution < 1.29 is 9.53 Å². The third-order valence-electron chi connectivity index (χ3n) is 4.56. The summed E-state index contributed by atoms with van der Waals surface area (Å²) >= 11 is 1.48. The zero-order valence-electron chi connectivity index (χ0n) is 14.4. The first-order chi connectivity index (χ1) is 12.2. The molecule has 1 atom stereocenters. The number of methoxy groups -OCH3 is 1. The van der Waals surface area contributed by atoms with Crippen molar-refractivity contribution in [1.29, 1.82) is 0 Å². The van der Waals surface area contributed by atoms with Gasteiger partial charge < -0.3 is 14.6 Å². The normalized spacial score (nSPS) is 18.0. The maximum Gasteiger partial charge on any atom is 0.237 e. The molecular formula is C18H22N4O2S.